The van der Waals surface area contributed by atoms with E-state index in [2.05, 4.69) is 41.7 Å². The van der Waals surface area contributed by atoms with Crippen molar-refractivity contribution in [2.75, 3.05) is 5.32 Å². The Morgan fingerprint density at radius 1 is 1.17 bits per heavy atom. The molecule has 2 aromatic carbocycles. The van der Waals surface area contributed by atoms with Crippen LogP contribution in [-0.2, 0) is 13.5 Å². The Morgan fingerprint density at radius 3 is 2.62 bits per heavy atom. The van der Waals surface area contributed by atoms with Crippen LogP contribution >= 0.6 is 0 Å². The van der Waals surface area contributed by atoms with Gasteiger partial charge in [-0.3, -0.25) is 0 Å². The van der Waals surface area contributed by atoms with Gasteiger partial charge in [0.25, 0.3) is 0 Å². The quantitative estimate of drug-likeness (QED) is 0.661. The number of aryl methyl sites for hydroxylation is 3. The Balaban J connectivity index is 1.94. The van der Waals surface area contributed by atoms with Gasteiger partial charge in [-0.05, 0) is 48.7 Å². The molecule has 0 aliphatic rings. The van der Waals surface area contributed by atoms with Crippen LogP contribution in [0.5, 0.6) is 11.5 Å². The SMILES string of the molecule is C=C(Nc1ccc2c(c1)c(C)cn2C)c1cc(CC)c(O)cc1O. The lowest BCUT2D eigenvalue weighted by molar-refractivity contribution is 0.445. The Morgan fingerprint density at radius 2 is 1.92 bits per heavy atom. The zero-order valence-electron chi connectivity index (χ0n) is 14.2. The first-order valence-electron chi connectivity index (χ1n) is 7.97. The summed E-state index contributed by atoms with van der Waals surface area (Å²) in [6.45, 7) is 8.08. The third-order valence-electron chi connectivity index (χ3n) is 4.39. The highest BCUT2D eigenvalue weighted by molar-refractivity contribution is 5.89. The normalized spacial score (nSPS) is 11.0. The van der Waals surface area contributed by atoms with Gasteiger partial charge < -0.3 is 20.1 Å². The number of fused-ring (bicyclic) bond motifs is 1. The summed E-state index contributed by atoms with van der Waals surface area (Å²) in [6.07, 6.45) is 2.78. The van der Waals surface area contributed by atoms with E-state index in [4.69, 9.17) is 0 Å². The molecule has 0 aliphatic carbocycles. The van der Waals surface area contributed by atoms with Crippen LogP contribution in [0.2, 0.25) is 0 Å². The van der Waals surface area contributed by atoms with Gasteiger partial charge in [-0.2, -0.15) is 0 Å². The van der Waals surface area contributed by atoms with Crippen LogP contribution in [0, 0.1) is 6.92 Å². The highest BCUT2D eigenvalue weighted by Crippen LogP contribution is 2.33. The lowest BCUT2D eigenvalue weighted by Gasteiger charge is -2.14. The average molecular weight is 322 g/mol. The molecule has 124 valence electrons. The summed E-state index contributed by atoms with van der Waals surface area (Å²) < 4.78 is 2.10. The van der Waals surface area contributed by atoms with Gasteiger partial charge in [0.05, 0.1) is 0 Å². The maximum atomic E-state index is 10.1. The van der Waals surface area contributed by atoms with Crippen molar-refractivity contribution in [1.29, 1.82) is 0 Å². The van der Waals surface area contributed by atoms with E-state index < -0.39 is 0 Å². The van der Waals surface area contributed by atoms with Gasteiger partial charge in [-0.1, -0.05) is 13.5 Å². The largest absolute Gasteiger partial charge is 0.508 e. The minimum atomic E-state index is 0.0131. The fraction of sp³-hybridized carbons (Fsp3) is 0.200. The van der Waals surface area contributed by atoms with Crippen molar-refractivity contribution >= 4 is 22.3 Å². The number of nitrogens with zero attached hydrogens (tertiary/aromatic N) is 1. The lowest BCUT2D eigenvalue weighted by atomic mass is 10.0. The molecule has 4 heteroatoms. The van der Waals surface area contributed by atoms with E-state index in [1.165, 1.54) is 22.5 Å². The van der Waals surface area contributed by atoms with Crippen molar-refractivity contribution in [2.24, 2.45) is 7.05 Å². The second-order valence-electron chi connectivity index (χ2n) is 6.11. The summed E-state index contributed by atoms with van der Waals surface area (Å²) in [5.74, 6) is 0.118. The third-order valence-corrected chi connectivity index (χ3v) is 4.39. The van der Waals surface area contributed by atoms with Gasteiger partial charge in [0, 0.05) is 47.2 Å². The van der Waals surface area contributed by atoms with Gasteiger partial charge in [0.1, 0.15) is 11.5 Å². The molecule has 1 aromatic heterocycles. The van der Waals surface area contributed by atoms with Crippen LogP contribution in [-0.4, -0.2) is 14.8 Å². The molecule has 0 spiro atoms. The Kier molecular flexibility index (Phi) is 3.97. The molecule has 0 aliphatic heterocycles. The minimum absolute atomic E-state index is 0.0131. The molecule has 1 heterocycles. The molecule has 0 bridgehead atoms. The molecule has 0 saturated heterocycles. The van der Waals surface area contributed by atoms with Crippen LogP contribution in [0.4, 0.5) is 5.69 Å². The zero-order valence-corrected chi connectivity index (χ0v) is 14.2. The smallest absolute Gasteiger partial charge is 0.128 e. The van der Waals surface area contributed by atoms with Crippen LogP contribution in [0.25, 0.3) is 16.6 Å². The molecule has 0 amide bonds. The van der Waals surface area contributed by atoms with Crippen molar-refractivity contribution in [3.05, 3.63) is 59.8 Å². The van der Waals surface area contributed by atoms with E-state index in [1.54, 1.807) is 6.07 Å². The van der Waals surface area contributed by atoms with Crippen molar-refractivity contribution < 1.29 is 10.2 Å². The molecule has 4 nitrogen and oxygen atoms in total. The molecule has 0 unspecified atom stereocenters. The number of hydrogen-bond acceptors (Lipinski definition) is 3. The number of phenolic OH excluding ortho intramolecular Hbond substituents is 2. The van der Waals surface area contributed by atoms with Crippen molar-refractivity contribution in [3.8, 4) is 11.5 Å². The van der Waals surface area contributed by atoms with E-state index in [0.29, 0.717) is 17.7 Å². The van der Waals surface area contributed by atoms with Gasteiger partial charge in [0.15, 0.2) is 0 Å². The highest BCUT2D eigenvalue weighted by Gasteiger charge is 2.11. The molecular weight excluding hydrogens is 300 g/mol. The van der Waals surface area contributed by atoms with E-state index in [9.17, 15) is 10.2 Å². The third kappa shape index (κ3) is 2.71. The molecule has 0 radical (unpaired) electrons. The zero-order chi connectivity index (χ0) is 17.4. The number of aromatic hydroxyl groups is 2. The predicted molar refractivity (Wildman–Crippen MR) is 99.5 cm³/mol. The first-order chi connectivity index (χ1) is 11.4. The van der Waals surface area contributed by atoms with Gasteiger partial charge in [0.2, 0.25) is 0 Å². The number of anilines is 1. The molecule has 0 saturated carbocycles. The molecule has 24 heavy (non-hydrogen) atoms. The lowest BCUT2D eigenvalue weighted by Crippen LogP contribution is -1.99. The maximum Gasteiger partial charge on any atom is 0.128 e. The minimum Gasteiger partial charge on any atom is -0.508 e. The van der Waals surface area contributed by atoms with Crippen LogP contribution < -0.4 is 5.32 Å². The van der Waals surface area contributed by atoms with Crippen LogP contribution in [0.3, 0.4) is 0 Å². The number of hydrogen-bond donors (Lipinski definition) is 3. The second kappa shape index (κ2) is 5.96. The fourth-order valence-electron chi connectivity index (χ4n) is 3.06. The first-order valence-corrected chi connectivity index (χ1v) is 7.97. The van der Waals surface area contributed by atoms with Crippen molar-refractivity contribution in [2.45, 2.75) is 20.3 Å². The molecule has 3 aromatic rings. The molecule has 3 N–H and O–H groups in total. The number of aromatic nitrogens is 1. The predicted octanol–water partition coefficient (Wildman–Crippen LogP) is 4.54. The topological polar surface area (TPSA) is 57.4 Å². The number of nitrogens with one attached hydrogen (secondary N) is 1. The molecule has 0 fully saturated rings. The summed E-state index contributed by atoms with van der Waals surface area (Å²) in [6, 6.07) is 9.27. The summed E-state index contributed by atoms with van der Waals surface area (Å²) in [5, 5.41) is 24.4. The second-order valence-corrected chi connectivity index (χ2v) is 6.11. The molecule has 3 rings (SSSR count). The van der Waals surface area contributed by atoms with E-state index >= 15 is 0 Å². The number of rotatable bonds is 4. The maximum absolute atomic E-state index is 10.1. The first kappa shape index (κ1) is 16.0. The van der Waals surface area contributed by atoms with Crippen molar-refractivity contribution in [1.82, 2.24) is 4.57 Å². The Hall–Kier alpha value is -2.88. The van der Waals surface area contributed by atoms with E-state index in [-0.39, 0.29) is 11.5 Å². The number of benzene rings is 2. The monoisotopic (exact) mass is 322 g/mol. The summed E-state index contributed by atoms with van der Waals surface area (Å²) >= 11 is 0. The average Bonchev–Trinajstić information content (AvgIpc) is 2.81. The van der Waals surface area contributed by atoms with Gasteiger partial charge in [-0.15, -0.1) is 0 Å². The Bertz CT molecular complexity index is 938. The summed E-state index contributed by atoms with van der Waals surface area (Å²) in [4.78, 5) is 0. The number of phenols is 2. The van der Waals surface area contributed by atoms with Crippen LogP contribution in [0.15, 0.2) is 43.1 Å². The van der Waals surface area contributed by atoms with Gasteiger partial charge >= 0.3 is 0 Å². The molecular formula is C20H22N2O2. The Labute approximate surface area is 141 Å². The highest BCUT2D eigenvalue weighted by atomic mass is 16.3. The van der Waals surface area contributed by atoms with E-state index in [1.807, 2.05) is 20.0 Å². The van der Waals surface area contributed by atoms with E-state index in [0.717, 1.165) is 11.3 Å². The standard InChI is InChI=1S/C20H22N2O2/c1-5-14-8-17(20(24)10-19(14)23)13(3)21-15-6-7-18-16(9-15)12(2)11-22(18)4/h6-11,21,23-24H,3,5H2,1-2,4H3. The fourth-order valence-corrected chi connectivity index (χ4v) is 3.06. The summed E-state index contributed by atoms with van der Waals surface area (Å²) in [5.41, 5.74) is 5.25. The van der Waals surface area contributed by atoms with Gasteiger partial charge in [-0.25, -0.2) is 0 Å². The molecule has 0 atom stereocenters. The van der Waals surface area contributed by atoms with Crippen molar-refractivity contribution in [3.63, 3.8) is 0 Å². The van der Waals surface area contributed by atoms with Crippen LogP contribution in [0.1, 0.15) is 23.6 Å². The summed E-state index contributed by atoms with van der Waals surface area (Å²) in [7, 11) is 2.03.